The van der Waals surface area contributed by atoms with Gasteiger partial charge in [0.1, 0.15) is 11.2 Å². The zero-order chi connectivity index (χ0) is 35.8. The Morgan fingerprint density at radius 3 is 1.65 bits per heavy atom. The van der Waals surface area contributed by atoms with E-state index in [9.17, 15) is 0 Å². The lowest BCUT2D eigenvalue weighted by Gasteiger charge is -2.29. The minimum Gasteiger partial charge on any atom is -0.456 e. The third kappa shape index (κ3) is 5.62. The van der Waals surface area contributed by atoms with Gasteiger partial charge in [-0.1, -0.05) is 164 Å². The maximum atomic E-state index is 6.56. The first-order valence-corrected chi connectivity index (χ1v) is 18.4. The second-order valence-electron chi connectivity index (χ2n) is 13.7. The standard InChI is InChI=1S/C52H35NO/c1-4-16-36(17-5-1)39-24-14-25-42(32-39)53(43-30-31-44(37-18-6-2-7-19-37)47(35-43)38-20-8-3-9-21-38)49-28-13-12-26-45(49)46-27-15-29-50-52(46)48-33-40-22-10-11-23-41(40)34-51(48)54-50/h1-35H. The molecule has 0 aliphatic rings. The van der Waals surface area contributed by atoms with Crippen LogP contribution in [0.25, 0.3) is 77.2 Å². The number of anilines is 3. The predicted molar refractivity (Wildman–Crippen MR) is 228 cm³/mol. The van der Waals surface area contributed by atoms with Crippen molar-refractivity contribution in [3.8, 4) is 44.5 Å². The number of hydrogen-bond acceptors (Lipinski definition) is 2. The molecule has 1 aromatic heterocycles. The van der Waals surface area contributed by atoms with Gasteiger partial charge in [-0.05, 0) is 98.2 Å². The van der Waals surface area contributed by atoms with Crippen molar-refractivity contribution in [3.63, 3.8) is 0 Å². The van der Waals surface area contributed by atoms with Gasteiger partial charge in [-0.25, -0.2) is 0 Å². The first-order chi connectivity index (χ1) is 26.8. The summed E-state index contributed by atoms with van der Waals surface area (Å²) in [5.41, 5.74) is 14.3. The van der Waals surface area contributed by atoms with Gasteiger partial charge in [-0.15, -0.1) is 0 Å². The minimum atomic E-state index is 0.879. The van der Waals surface area contributed by atoms with Gasteiger partial charge in [-0.3, -0.25) is 0 Å². The number of para-hydroxylation sites is 1. The second-order valence-corrected chi connectivity index (χ2v) is 13.7. The molecule has 0 aliphatic carbocycles. The van der Waals surface area contributed by atoms with Gasteiger partial charge in [0.15, 0.2) is 0 Å². The molecule has 2 heteroatoms. The van der Waals surface area contributed by atoms with E-state index < -0.39 is 0 Å². The fraction of sp³-hybridized carbons (Fsp3) is 0. The van der Waals surface area contributed by atoms with Crippen molar-refractivity contribution < 1.29 is 4.42 Å². The molecule has 0 spiro atoms. The molecular weight excluding hydrogens is 655 g/mol. The van der Waals surface area contributed by atoms with E-state index in [1.165, 1.54) is 38.6 Å². The Labute approximate surface area is 314 Å². The van der Waals surface area contributed by atoms with Gasteiger partial charge >= 0.3 is 0 Å². The van der Waals surface area contributed by atoms with Gasteiger partial charge in [0, 0.05) is 27.7 Å². The minimum absolute atomic E-state index is 0.879. The van der Waals surface area contributed by atoms with E-state index in [1.807, 2.05) is 0 Å². The molecule has 0 N–H and O–H groups in total. The average molecular weight is 690 g/mol. The SMILES string of the molecule is c1ccc(-c2cccc(N(c3ccc(-c4ccccc4)c(-c4ccccc4)c3)c3ccccc3-c3cccc4oc5cc6ccccc6cc5c34)c2)cc1. The highest BCUT2D eigenvalue weighted by Crippen LogP contribution is 2.47. The third-order valence-electron chi connectivity index (χ3n) is 10.4. The molecule has 0 aliphatic heterocycles. The Kier molecular flexibility index (Phi) is 7.85. The van der Waals surface area contributed by atoms with Crippen molar-refractivity contribution in [2.24, 2.45) is 0 Å². The average Bonchev–Trinajstić information content (AvgIpc) is 3.62. The zero-order valence-electron chi connectivity index (χ0n) is 29.6. The summed E-state index contributed by atoms with van der Waals surface area (Å²) in [6.45, 7) is 0. The van der Waals surface area contributed by atoms with Gasteiger partial charge in [0.2, 0.25) is 0 Å². The van der Waals surface area contributed by atoms with Crippen molar-refractivity contribution in [2.75, 3.05) is 4.90 Å². The molecule has 254 valence electrons. The molecule has 0 fully saturated rings. The summed E-state index contributed by atoms with van der Waals surface area (Å²) < 4.78 is 6.56. The summed E-state index contributed by atoms with van der Waals surface area (Å²) >= 11 is 0. The number of benzene rings is 9. The molecule has 0 unspecified atom stereocenters. The largest absolute Gasteiger partial charge is 0.456 e. The van der Waals surface area contributed by atoms with Crippen LogP contribution in [0.1, 0.15) is 0 Å². The number of rotatable bonds is 7. The molecule has 54 heavy (non-hydrogen) atoms. The molecule has 0 saturated heterocycles. The van der Waals surface area contributed by atoms with Crippen molar-refractivity contribution in [2.45, 2.75) is 0 Å². The van der Waals surface area contributed by atoms with Gasteiger partial charge in [0.25, 0.3) is 0 Å². The third-order valence-corrected chi connectivity index (χ3v) is 10.4. The maximum Gasteiger partial charge on any atom is 0.136 e. The first kappa shape index (κ1) is 31.6. The molecule has 0 bridgehead atoms. The monoisotopic (exact) mass is 689 g/mol. The van der Waals surface area contributed by atoms with Crippen LogP contribution in [-0.4, -0.2) is 0 Å². The molecule has 10 rings (SSSR count). The van der Waals surface area contributed by atoms with Crippen LogP contribution in [0.4, 0.5) is 17.1 Å². The topological polar surface area (TPSA) is 16.4 Å². The highest BCUT2D eigenvalue weighted by Gasteiger charge is 2.22. The predicted octanol–water partition coefficient (Wildman–Crippen LogP) is 14.9. The number of nitrogens with zero attached hydrogens (tertiary/aromatic N) is 1. The first-order valence-electron chi connectivity index (χ1n) is 18.4. The van der Waals surface area contributed by atoms with Crippen LogP contribution in [0.15, 0.2) is 217 Å². The van der Waals surface area contributed by atoms with E-state index in [2.05, 4.69) is 217 Å². The summed E-state index contributed by atoms with van der Waals surface area (Å²) in [5.74, 6) is 0. The Balaban J connectivity index is 1.23. The molecule has 9 aromatic carbocycles. The van der Waals surface area contributed by atoms with E-state index >= 15 is 0 Å². The van der Waals surface area contributed by atoms with Crippen LogP contribution in [0.3, 0.4) is 0 Å². The van der Waals surface area contributed by atoms with E-state index in [-0.39, 0.29) is 0 Å². The fourth-order valence-electron chi connectivity index (χ4n) is 7.91. The van der Waals surface area contributed by atoms with E-state index in [1.54, 1.807) is 0 Å². The fourth-order valence-corrected chi connectivity index (χ4v) is 7.91. The highest BCUT2D eigenvalue weighted by atomic mass is 16.3. The van der Waals surface area contributed by atoms with Crippen LogP contribution < -0.4 is 4.90 Å². The number of fused-ring (bicyclic) bond motifs is 4. The van der Waals surface area contributed by atoms with E-state index in [0.717, 1.165) is 55.7 Å². The summed E-state index contributed by atoms with van der Waals surface area (Å²) in [6, 6.07) is 75.9. The number of hydrogen-bond donors (Lipinski definition) is 0. The normalized spacial score (nSPS) is 11.3. The highest BCUT2D eigenvalue weighted by molar-refractivity contribution is 6.16. The van der Waals surface area contributed by atoms with Crippen molar-refractivity contribution in [3.05, 3.63) is 212 Å². The van der Waals surface area contributed by atoms with Gasteiger partial charge in [-0.2, -0.15) is 0 Å². The van der Waals surface area contributed by atoms with Crippen molar-refractivity contribution in [1.29, 1.82) is 0 Å². The van der Waals surface area contributed by atoms with Crippen molar-refractivity contribution >= 4 is 49.8 Å². The lowest BCUT2D eigenvalue weighted by Crippen LogP contribution is -2.11. The Bertz CT molecular complexity index is 2930. The molecule has 1 heterocycles. The molecule has 0 atom stereocenters. The van der Waals surface area contributed by atoms with E-state index in [4.69, 9.17) is 4.42 Å². The van der Waals surface area contributed by atoms with Crippen LogP contribution in [0.2, 0.25) is 0 Å². The summed E-state index contributed by atoms with van der Waals surface area (Å²) in [6.07, 6.45) is 0. The van der Waals surface area contributed by atoms with Crippen LogP contribution in [0, 0.1) is 0 Å². The molecule has 2 nitrogen and oxygen atoms in total. The molecule has 0 radical (unpaired) electrons. The van der Waals surface area contributed by atoms with Gasteiger partial charge < -0.3 is 9.32 Å². The molecule has 0 amide bonds. The lowest BCUT2D eigenvalue weighted by molar-refractivity contribution is 0.669. The lowest BCUT2D eigenvalue weighted by atomic mass is 9.93. The summed E-state index contributed by atoms with van der Waals surface area (Å²) in [4.78, 5) is 2.42. The Morgan fingerprint density at radius 1 is 0.315 bits per heavy atom. The summed E-state index contributed by atoms with van der Waals surface area (Å²) in [7, 11) is 0. The second kappa shape index (κ2) is 13.4. The smallest absolute Gasteiger partial charge is 0.136 e. The quantitative estimate of drug-likeness (QED) is 0.166. The molecular formula is C52H35NO. The number of furan rings is 1. The molecule has 10 aromatic rings. The van der Waals surface area contributed by atoms with E-state index in [0.29, 0.717) is 0 Å². The van der Waals surface area contributed by atoms with Gasteiger partial charge in [0.05, 0.1) is 5.69 Å². The Hall–Kier alpha value is -7.16. The van der Waals surface area contributed by atoms with Crippen LogP contribution in [0.5, 0.6) is 0 Å². The maximum absolute atomic E-state index is 6.56. The van der Waals surface area contributed by atoms with Crippen LogP contribution >= 0.6 is 0 Å². The Morgan fingerprint density at radius 2 is 0.889 bits per heavy atom. The molecule has 0 saturated carbocycles. The van der Waals surface area contributed by atoms with Crippen LogP contribution in [-0.2, 0) is 0 Å². The van der Waals surface area contributed by atoms with Crippen molar-refractivity contribution in [1.82, 2.24) is 0 Å². The zero-order valence-corrected chi connectivity index (χ0v) is 29.6. The summed E-state index contributed by atoms with van der Waals surface area (Å²) in [5, 5.41) is 4.60.